The number of nitrogens with zero attached hydrogens (tertiary/aromatic N) is 4. The zero-order chi connectivity index (χ0) is 16.5. The van der Waals surface area contributed by atoms with Gasteiger partial charge >= 0.3 is 0 Å². The molecule has 3 aromatic heterocycles. The molecule has 1 N–H and O–H groups in total. The lowest BCUT2D eigenvalue weighted by atomic mass is 9.98. The van der Waals surface area contributed by atoms with E-state index in [-0.39, 0.29) is 11.9 Å². The second-order valence-corrected chi connectivity index (χ2v) is 6.36. The summed E-state index contributed by atoms with van der Waals surface area (Å²) in [5.41, 5.74) is 3.81. The Morgan fingerprint density at radius 1 is 1.33 bits per heavy atom. The maximum atomic E-state index is 13.0. The molecule has 1 amide bonds. The summed E-state index contributed by atoms with van der Waals surface area (Å²) < 4.78 is 2.02. The third-order valence-electron chi connectivity index (χ3n) is 4.85. The van der Waals surface area contributed by atoms with E-state index in [1.807, 2.05) is 46.7 Å². The highest BCUT2D eigenvalue weighted by Gasteiger charge is 2.29. The molecule has 6 heteroatoms. The Bertz CT molecular complexity index is 852. The van der Waals surface area contributed by atoms with Crippen molar-refractivity contribution in [2.24, 2.45) is 0 Å². The van der Waals surface area contributed by atoms with E-state index < -0.39 is 0 Å². The highest BCUT2D eigenvalue weighted by Crippen LogP contribution is 2.30. The third-order valence-corrected chi connectivity index (χ3v) is 4.85. The van der Waals surface area contributed by atoms with Crippen LogP contribution in [0.15, 0.2) is 36.7 Å². The van der Waals surface area contributed by atoms with E-state index in [1.54, 1.807) is 6.20 Å². The van der Waals surface area contributed by atoms with Crippen LogP contribution in [-0.4, -0.2) is 36.9 Å². The summed E-state index contributed by atoms with van der Waals surface area (Å²) >= 11 is 0. The predicted octanol–water partition coefficient (Wildman–Crippen LogP) is 2.66. The molecular weight excluding hydrogens is 302 g/mol. The van der Waals surface area contributed by atoms with Gasteiger partial charge in [0.2, 0.25) is 5.91 Å². The van der Waals surface area contributed by atoms with Gasteiger partial charge in [-0.25, -0.2) is 4.98 Å². The molecular formula is C18H21N5O. The number of hydrogen-bond acceptors (Lipinski definition) is 3. The van der Waals surface area contributed by atoms with E-state index in [2.05, 4.69) is 15.2 Å². The average molecular weight is 323 g/mol. The Labute approximate surface area is 140 Å². The van der Waals surface area contributed by atoms with Crippen molar-refractivity contribution in [2.45, 2.75) is 38.6 Å². The number of carbonyl (C=O) groups is 1. The molecule has 0 spiro atoms. The smallest absolute Gasteiger partial charge is 0.229 e. The van der Waals surface area contributed by atoms with Crippen LogP contribution in [0.5, 0.6) is 0 Å². The van der Waals surface area contributed by atoms with E-state index in [4.69, 9.17) is 0 Å². The number of fused-ring (bicyclic) bond motifs is 1. The number of imidazole rings is 1. The molecule has 1 saturated heterocycles. The first-order valence-electron chi connectivity index (χ1n) is 8.45. The van der Waals surface area contributed by atoms with E-state index in [0.29, 0.717) is 6.42 Å². The van der Waals surface area contributed by atoms with Gasteiger partial charge in [-0.15, -0.1) is 0 Å². The van der Waals surface area contributed by atoms with Gasteiger partial charge < -0.3 is 9.30 Å². The fourth-order valence-corrected chi connectivity index (χ4v) is 3.63. The van der Waals surface area contributed by atoms with Gasteiger partial charge in [0.25, 0.3) is 0 Å². The number of H-pyrrole nitrogens is 1. The first-order chi connectivity index (χ1) is 11.7. The number of aryl methyl sites for hydroxylation is 1. The van der Waals surface area contributed by atoms with Crippen LogP contribution in [0.3, 0.4) is 0 Å². The summed E-state index contributed by atoms with van der Waals surface area (Å²) in [5.74, 6) is 0.156. The summed E-state index contributed by atoms with van der Waals surface area (Å²) in [5, 5.41) is 7.07. The Hall–Kier alpha value is -2.63. The summed E-state index contributed by atoms with van der Waals surface area (Å²) in [6, 6.07) is 7.97. The first-order valence-corrected chi connectivity index (χ1v) is 8.45. The maximum absolute atomic E-state index is 13.0. The summed E-state index contributed by atoms with van der Waals surface area (Å²) in [4.78, 5) is 19.6. The summed E-state index contributed by atoms with van der Waals surface area (Å²) in [6.07, 6.45) is 7.29. The van der Waals surface area contributed by atoms with E-state index in [1.165, 1.54) is 0 Å². The lowest BCUT2D eigenvalue weighted by Crippen LogP contribution is -2.39. The Balaban J connectivity index is 1.61. The molecule has 124 valence electrons. The topological polar surface area (TPSA) is 66.3 Å². The lowest BCUT2D eigenvalue weighted by molar-refractivity contribution is -0.134. The molecule has 6 nitrogen and oxygen atoms in total. The number of rotatable bonds is 3. The van der Waals surface area contributed by atoms with Crippen molar-refractivity contribution in [1.29, 1.82) is 0 Å². The van der Waals surface area contributed by atoms with Crippen molar-refractivity contribution >= 4 is 11.6 Å². The molecule has 3 aromatic rings. The predicted molar refractivity (Wildman–Crippen MR) is 90.5 cm³/mol. The van der Waals surface area contributed by atoms with Gasteiger partial charge in [0.1, 0.15) is 5.65 Å². The number of aromatic nitrogens is 4. The zero-order valence-corrected chi connectivity index (χ0v) is 13.8. The SMILES string of the molecule is Cc1nc2ccccn2c1CC(=O)N1CCCC[C@H]1c1ccn[nH]1. The van der Waals surface area contributed by atoms with Crippen molar-refractivity contribution in [3.63, 3.8) is 0 Å². The van der Waals surface area contributed by atoms with Crippen LogP contribution < -0.4 is 0 Å². The third kappa shape index (κ3) is 2.58. The summed E-state index contributed by atoms with van der Waals surface area (Å²) in [7, 11) is 0. The van der Waals surface area contributed by atoms with Gasteiger partial charge in [0, 0.05) is 18.9 Å². The molecule has 0 aromatic carbocycles. The Morgan fingerprint density at radius 3 is 3.08 bits per heavy atom. The molecule has 0 bridgehead atoms. The molecule has 24 heavy (non-hydrogen) atoms. The van der Waals surface area contributed by atoms with Crippen molar-refractivity contribution in [3.05, 3.63) is 53.7 Å². The second-order valence-electron chi connectivity index (χ2n) is 6.36. The number of pyridine rings is 1. The average Bonchev–Trinajstić information content (AvgIpc) is 3.24. The largest absolute Gasteiger partial charge is 0.334 e. The number of amides is 1. The number of likely N-dealkylation sites (tertiary alicyclic amines) is 1. The molecule has 1 atom stereocenters. The molecule has 4 rings (SSSR count). The summed E-state index contributed by atoms with van der Waals surface area (Å²) in [6.45, 7) is 2.77. The maximum Gasteiger partial charge on any atom is 0.229 e. The van der Waals surface area contributed by atoms with Crippen molar-refractivity contribution in [1.82, 2.24) is 24.5 Å². The van der Waals surface area contributed by atoms with Crippen LogP contribution in [0, 0.1) is 6.92 Å². The molecule has 4 heterocycles. The molecule has 1 fully saturated rings. The number of aromatic amines is 1. The molecule has 0 unspecified atom stereocenters. The normalized spacial score (nSPS) is 18.2. The number of carbonyl (C=O) groups excluding carboxylic acids is 1. The highest BCUT2D eigenvalue weighted by molar-refractivity contribution is 5.79. The number of hydrogen-bond donors (Lipinski definition) is 1. The van der Waals surface area contributed by atoms with Crippen LogP contribution in [-0.2, 0) is 11.2 Å². The van der Waals surface area contributed by atoms with Gasteiger partial charge in [-0.1, -0.05) is 6.07 Å². The minimum atomic E-state index is 0.105. The highest BCUT2D eigenvalue weighted by atomic mass is 16.2. The molecule has 0 radical (unpaired) electrons. The minimum Gasteiger partial charge on any atom is -0.334 e. The van der Waals surface area contributed by atoms with E-state index >= 15 is 0 Å². The monoisotopic (exact) mass is 323 g/mol. The van der Waals surface area contributed by atoms with E-state index in [0.717, 1.165) is 48.5 Å². The second kappa shape index (κ2) is 6.11. The van der Waals surface area contributed by atoms with Gasteiger partial charge in [-0.05, 0) is 44.4 Å². The van der Waals surface area contributed by atoms with Crippen LogP contribution in [0.25, 0.3) is 5.65 Å². The van der Waals surface area contributed by atoms with Crippen molar-refractivity contribution in [3.8, 4) is 0 Å². The van der Waals surface area contributed by atoms with Crippen LogP contribution in [0.1, 0.15) is 42.4 Å². The minimum absolute atomic E-state index is 0.105. The van der Waals surface area contributed by atoms with Gasteiger partial charge in [0.15, 0.2) is 0 Å². The molecule has 1 aliphatic rings. The zero-order valence-electron chi connectivity index (χ0n) is 13.8. The number of piperidine rings is 1. The standard InChI is InChI=1S/C18H21N5O/c1-13-16(22-10-5-3-7-17(22)20-13)12-18(24)23-11-4-2-6-15(23)14-8-9-19-21-14/h3,5,7-10,15H,2,4,6,11-12H2,1H3,(H,19,21)/t15-/m0/s1. The Morgan fingerprint density at radius 2 is 2.25 bits per heavy atom. The quantitative estimate of drug-likeness (QED) is 0.806. The van der Waals surface area contributed by atoms with Gasteiger partial charge in [-0.2, -0.15) is 5.10 Å². The van der Waals surface area contributed by atoms with Crippen LogP contribution in [0.2, 0.25) is 0 Å². The number of nitrogens with one attached hydrogen (secondary N) is 1. The molecule has 0 aliphatic carbocycles. The Kier molecular flexibility index (Phi) is 3.80. The fourth-order valence-electron chi connectivity index (χ4n) is 3.63. The van der Waals surface area contributed by atoms with Gasteiger partial charge in [-0.3, -0.25) is 9.89 Å². The van der Waals surface area contributed by atoms with Crippen LogP contribution >= 0.6 is 0 Å². The fraction of sp³-hybridized carbons (Fsp3) is 0.389. The van der Waals surface area contributed by atoms with Crippen molar-refractivity contribution < 1.29 is 4.79 Å². The molecule has 0 saturated carbocycles. The molecule has 1 aliphatic heterocycles. The van der Waals surface area contributed by atoms with Crippen LogP contribution in [0.4, 0.5) is 0 Å². The first kappa shape index (κ1) is 14.9. The lowest BCUT2D eigenvalue weighted by Gasteiger charge is -2.35. The van der Waals surface area contributed by atoms with E-state index in [9.17, 15) is 4.79 Å². The van der Waals surface area contributed by atoms with Gasteiger partial charge in [0.05, 0.1) is 29.5 Å². The van der Waals surface area contributed by atoms with Crippen molar-refractivity contribution in [2.75, 3.05) is 6.54 Å².